The molecule has 4 atom stereocenters. The molecule has 1 aromatic rings. The second-order valence-electron chi connectivity index (χ2n) is 4.40. The average molecular weight is 240 g/mol. The van der Waals surface area contributed by atoms with E-state index in [2.05, 4.69) is 9.97 Å². The Morgan fingerprint density at radius 3 is 2.76 bits per heavy atom. The molecule has 1 aromatic heterocycles. The maximum Gasteiger partial charge on any atom is 0.354 e. The molecule has 8 nitrogen and oxygen atoms in total. The molecule has 0 bridgehead atoms. The molecule has 0 amide bonds. The summed E-state index contributed by atoms with van der Waals surface area (Å²) in [7, 11) is 0. The van der Waals surface area contributed by atoms with E-state index in [1.807, 2.05) is 0 Å². The molecular weight excluding hydrogens is 228 g/mol. The molecule has 1 aliphatic carbocycles. The highest BCUT2D eigenvalue weighted by Gasteiger charge is 2.65. The standard InChI is InChI=1S/C9H12N4O4/c10-7-11-3-13(8(16)12-7)6-1-4(14)9(17-6)2-5(9)15/h3-6,14-15H,1-2H2,(H2,10,12,16)/t4-,5?,6?,9+/m0/s1. The van der Waals surface area contributed by atoms with Crippen molar-refractivity contribution in [1.29, 1.82) is 0 Å². The van der Waals surface area contributed by atoms with Gasteiger partial charge in [0.25, 0.3) is 0 Å². The zero-order valence-electron chi connectivity index (χ0n) is 8.85. The molecule has 17 heavy (non-hydrogen) atoms. The van der Waals surface area contributed by atoms with E-state index >= 15 is 0 Å². The Hall–Kier alpha value is -1.51. The number of aliphatic hydroxyl groups excluding tert-OH is 2. The number of aliphatic hydroxyl groups is 2. The van der Waals surface area contributed by atoms with Crippen LogP contribution in [0.15, 0.2) is 11.1 Å². The van der Waals surface area contributed by atoms with Crippen molar-refractivity contribution in [1.82, 2.24) is 14.5 Å². The summed E-state index contributed by atoms with van der Waals surface area (Å²) >= 11 is 0. The van der Waals surface area contributed by atoms with Gasteiger partial charge in [0.2, 0.25) is 5.95 Å². The lowest BCUT2D eigenvalue weighted by Gasteiger charge is -2.14. The van der Waals surface area contributed by atoms with Gasteiger partial charge in [-0.25, -0.2) is 9.78 Å². The van der Waals surface area contributed by atoms with Crippen molar-refractivity contribution in [2.75, 3.05) is 5.73 Å². The lowest BCUT2D eigenvalue weighted by atomic mass is 10.1. The molecule has 8 heteroatoms. The lowest BCUT2D eigenvalue weighted by Crippen LogP contribution is -2.29. The Bertz CT molecular complexity index is 518. The van der Waals surface area contributed by atoms with Gasteiger partial charge >= 0.3 is 5.69 Å². The van der Waals surface area contributed by atoms with Gasteiger partial charge in [0, 0.05) is 12.8 Å². The summed E-state index contributed by atoms with van der Waals surface area (Å²) in [6, 6.07) is 0. The maximum absolute atomic E-state index is 11.6. The molecule has 2 fully saturated rings. The molecule has 1 saturated heterocycles. The SMILES string of the molecule is Nc1ncn(C2C[C@H](O)[C@@]3(CC3O)O2)c(=O)n1. The third-order valence-electron chi connectivity index (χ3n) is 3.32. The Labute approximate surface area is 95.7 Å². The number of anilines is 1. The van der Waals surface area contributed by atoms with E-state index in [9.17, 15) is 15.0 Å². The molecule has 4 N–H and O–H groups in total. The second-order valence-corrected chi connectivity index (χ2v) is 4.40. The third kappa shape index (κ3) is 1.45. The van der Waals surface area contributed by atoms with Crippen LogP contribution in [0.4, 0.5) is 5.95 Å². The summed E-state index contributed by atoms with van der Waals surface area (Å²) in [6.45, 7) is 0. The van der Waals surface area contributed by atoms with Crippen molar-refractivity contribution in [2.45, 2.75) is 36.9 Å². The van der Waals surface area contributed by atoms with E-state index in [4.69, 9.17) is 10.5 Å². The Morgan fingerprint density at radius 1 is 1.53 bits per heavy atom. The minimum atomic E-state index is -0.911. The number of ether oxygens (including phenoxy) is 1. The number of rotatable bonds is 1. The molecule has 0 radical (unpaired) electrons. The molecule has 1 spiro atoms. The minimum Gasteiger partial charge on any atom is -0.390 e. The van der Waals surface area contributed by atoms with E-state index < -0.39 is 29.7 Å². The lowest BCUT2D eigenvalue weighted by molar-refractivity contribution is -0.0609. The largest absolute Gasteiger partial charge is 0.390 e. The molecule has 2 heterocycles. The number of hydrogen-bond acceptors (Lipinski definition) is 7. The number of aromatic nitrogens is 3. The Morgan fingerprint density at radius 2 is 2.24 bits per heavy atom. The highest BCUT2D eigenvalue weighted by atomic mass is 16.6. The minimum absolute atomic E-state index is 0.106. The van der Waals surface area contributed by atoms with Gasteiger partial charge in [-0.05, 0) is 0 Å². The highest BCUT2D eigenvalue weighted by Crippen LogP contribution is 2.52. The first-order valence-corrected chi connectivity index (χ1v) is 5.27. The summed E-state index contributed by atoms with van der Waals surface area (Å²) in [4.78, 5) is 18.7. The van der Waals surface area contributed by atoms with Crippen molar-refractivity contribution in [3.63, 3.8) is 0 Å². The van der Waals surface area contributed by atoms with Crippen LogP contribution < -0.4 is 11.4 Å². The van der Waals surface area contributed by atoms with E-state index in [-0.39, 0.29) is 12.4 Å². The molecule has 2 unspecified atom stereocenters. The molecule has 0 aromatic carbocycles. The topological polar surface area (TPSA) is 123 Å². The quantitative estimate of drug-likeness (QED) is 0.518. The van der Waals surface area contributed by atoms with Crippen LogP contribution in [0.1, 0.15) is 19.1 Å². The first kappa shape index (κ1) is 10.6. The molecule has 92 valence electrons. The van der Waals surface area contributed by atoms with Gasteiger partial charge in [0.05, 0.1) is 12.2 Å². The molecular formula is C9H12N4O4. The van der Waals surface area contributed by atoms with E-state index in [0.29, 0.717) is 6.42 Å². The van der Waals surface area contributed by atoms with Gasteiger partial charge in [-0.15, -0.1) is 0 Å². The van der Waals surface area contributed by atoms with Crippen LogP contribution in [0.25, 0.3) is 0 Å². The van der Waals surface area contributed by atoms with Gasteiger partial charge in [-0.2, -0.15) is 4.98 Å². The fourth-order valence-corrected chi connectivity index (χ4v) is 2.22. The summed E-state index contributed by atoms with van der Waals surface area (Å²) in [5.74, 6) is -0.106. The monoisotopic (exact) mass is 240 g/mol. The van der Waals surface area contributed by atoms with Crippen LogP contribution in [-0.2, 0) is 4.74 Å². The zero-order valence-corrected chi connectivity index (χ0v) is 8.85. The summed E-state index contributed by atoms with van der Waals surface area (Å²) < 4.78 is 6.70. The van der Waals surface area contributed by atoms with Crippen molar-refractivity contribution in [2.24, 2.45) is 0 Å². The van der Waals surface area contributed by atoms with Gasteiger partial charge in [-0.3, -0.25) is 4.57 Å². The van der Waals surface area contributed by atoms with Gasteiger partial charge in [0.15, 0.2) is 0 Å². The van der Waals surface area contributed by atoms with Crippen LogP contribution >= 0.6 is 0 Å². The number of nitrogens with zero attached hydrogens (tertiary/aromatic N) is 3. The van der Waals surface area contributed by atoms with E-state index in [0.717, 1.165) is 0 Å². The smallest absolute Gasteiger partial charge is 0.354 e. The van der Waals surface area contributed by atoms with Crippen molar-refractivity contribution < 1.29 is 14.9 Å². The normalized spacial score (nSPS) is 39.8. The fourth-order valence-electron chi connectivity index (χ4n) is 2.22. The van der Waals surface area contributed by atoms with E-state index in [1.54, 1.807) is 0 Å². The van der Waals surface area contributed by atoms with Gasteiger partial charge in [-0.1, -0.05) is 0 Å². The van der Waals surface area contributed by atoms with Crippen LogP contribution in [0.2, 0.25) is 0 Å². The molecule has 1 aliphatic heterocycles. The first-order chi connectivity index (χ1) is 8.03. The highest BCUT2D eigenvalue weighted by molar-refractivity contribution is 5.15. The number of hydrogen-bond donors (Lipinski definition) is 3. The average Bonchev–Trinajstić information content (AvgIpc) is 2.77. The number of nitrogen functional groups attached to an aromatic ring is 1. The van der Waals surface area contributed by atoms with E-state index in [1.165, 1.54) is 10.9 Å². The second kappa shape index (κ2) is 3.25. The molecule has 3 rings (SSSR count). The predicted octanol–water partition coefficient (Wildman–Crippen LogP) is -2.00. The van der Waals surface area contributed by atoms with Crippen LogP contribution in [0.5, 0.6) is 0 Å². The number of nitrogens with two attached hydrogens (primary N) is 1. The summed E-state index contributed by atoms with van der Waals surface area (Å²) in [6.07, 6.45) is -0.273. The first-order valence-electron chi connectivity index (χ1n) is 5.27. The van der Waals surface area contributed by atoms with Crippen LogP contribution in [-0.4, -0.2) is 42.6 Å². The predicted molar refractivity (Wildman–Crippen MR) is 54.8 cm³/mol. The summed E-state index contributed by atoms with van der Waals surface area (Å²) in [5, 5.41) is 19.2. The Balaban J connectivity index is 1.90. The summed E-state index contributed by atoms with van der Waals surface area (Å²) in [5.41, 5.74) is 3.78. The third-order valence-corrected chi connectivity index (χ3v) is 3.32. The maximum atomic E-state index is 11.6. The zero-order chi connectivity index (χ0) is 12.2. The molecule has 1 saturated carbocycles. The Kier molecular flexibility index (Phi) is 2.03. The van der Waals surface area contributed by atoms with Crippen LogP contribution in [0.3, 0.4) is 0 Å². The van der Waals surface area contributed by atoms with Gasteiger partial charge < -0.3 is 20.7 Å². The molecule has 2 aliphatic rings. The fraction of sp³-hybridized carbons (Fsp3) is 0.667. The van der Waals surface area contributed by atoms with Crippen molar-refractivity contribution in [3.05, 3.63) is 16.8 Å². The van der Waals surface area contributed by atoms with Crippen LogP contribution in [0, 0.1) is 0 Å². The van der Waals surface area contributed by atoms with Gasteiger partial charge in [0.1, 0.15) is 18.2 Å². The van der Waals surface area contributed by atoms with Crippen molar-refractivity contribution in [3.8, 4) is 0 Å². The van der Waals surface area contributed by atoms with Crippen molar-refractivity contribution >= 4 is 5.95 Å².